The zero-order valence-corrected chi connectivity index (χ0v) is 10.2. The molecule has 1 aromatic heterocycles. The predicted molar refractivity (Wildman–Crippen MR) is 67.3 cm³/mol. The predicted octanol–water partition coefficient (Wildman–Crippen LogP) is 2.98. The van der Waals surface area contributed by atoms with Gasteiger partial charge in [0, 0.05) is 12.0 Å². The van der Waals surface area contributed by atoms with E-state index in [0.29, 0.717) is 0 Å². The summed E-state index contributed by atoms with van der Waals surface area (Å²) in [7, 11) is 2.32. The van der Waals surface area contributed by atoms with E-state index in [-0.39, 0.29) is 0 Å². The fourth-order valence-electron chi connectivity index (χ4n) is 2.75. The van der Waals surface area contributed by atoms with Gasteiger partial charge in [-0.1, -0.05) is 24.3 Å². The van der Waals surface area contributed by atoms with Crippen LogP contribution in [0.1, 0.15) is 16.9 Å². The zero-order valence-electron chi connectivity index (χ0n) is 10.2. The Kier molecular flexibility index (Phi) is 2.52. The van der Waals surface area contributed by atoms with Crippen molar-refractivity contribution in [3.8, 4) is 0 Å². The van der Waals surface area contributed by atoms with Crippen LogP contribution in [0.2, 0.25) is 0 Å². The van der Waals surface area contributed by atoms with Crippen molar-refractivity contribution in [1.82, 2.24) is 0 Å². The monoisotopic (exact) mass is 228 g/mol. The first-order chi connectivity index (χ1) is 8.25. The molecule has 1 unspecified atom stereocenters. The second-order valence-corrected chi connectivity index (χ2v) is 5.26. The van der Waals surface area contributed by atoms with E-state index in [4.69, 9.17) is 4.42 Å². The van der Waals surface area contributed by atoms with Crippen molar-refractivity contribution in [2.75, 3.05) is 13.6 Å². The molecule has 0 bridgehead atoms. The van der Waals surface area contributed by atoms with Crippen molar-refractivity contribution < 1.29 is 8.90 Å². The number of benzene rings is 1. The molecule has 0 saturated heterocycles. The van der Waals surface area contributed by atoms with Crippen LogP contribution in [-0.4, -0.2) is 18.1 Å². The summed E-state index contributed by atoms with van der Waals surface area (Å²) in [5.41, 5.74) is 3.01. The number of fused-ring (bicyclic) bond motifs is 1. The summed E-state index contributed by atoms with van der Waals surface area (Å²) in [4.78, 5) is 0. The lowest BCUT2D eigenvalue weighted by Gasteiger charge is -2.38. The molecule has 0 saturated carbocycles. The number of hydrogen-bond acceptors (Lipinski definition) is 1. The van der Waals surface area contributed by atoms with Gasteiger partial charge in [0.1, 0.15) is 13.1 Å². The molecule has 1 aromatic carbocycles. The first-order valence-corrected chi connectivity index (χ1v) is 6.18. The maximum absolute atomic E-state index is 5.47. The van der Waals surface area contributed by atoms with Crippen LogP contribution in [-0.2, 0) is 19.5 Å². The third kappa shape index (κ3) is 2.13. The normalized spacial score (nSPS) is 23.4. The van der Waals surface area contributed by atoms with Gasteiger partial charge in [0.15, 0.2) is 5.76 Å². The number of furan rings is 1. The number of likely N-dealkylation sites (N-methyl/N-ethyl adjacent to an activating group) is 1. The van der Waals surface area contributed by atoms with Crippen molar-refractivity contribution >= 4 is 0 Å². The Balaban J connectivity index is 1.82. The Morgan fingerprint density at radius 1 is 1.12 bits per heavy atom. The molecule has 2 aromatic rings. The molecule has 2 heteroatoms. The molecule has 0 amide bonds. The highest BCUT2D eigenvalue weighted by atomic mass is 16.3. The summed E-state index contributed by atoms with van der Waals surface area (Å²) in [6, 6.07) is 12.8. The van der Waals surface area contributed by atoms with Gasteiger partial charge in [0.25, 0.3) is 0 Å². The van der Waals surface area contributed by atoms with Crippen LogP contribution in [0.4, 0.5) is 0 Å². The molecular formula is C15H18NO+. The van der Waals surface area contributed by atoms with E-state index in [1.165, 1.54) is 24.1 Å². The second-order valence-electron chi connectivity index (χ2n) is 5.26. The molecule has 0 N–H and O–H groups in total. The van der Waals surface area contributed by atoms with Gasteiger partial charge in [-0.05, 0) is 17.7 Å². The summed E-state index contributed by atoms with van der Waals surface area (Å²) in [5, 5.41) is 0. The molecule has 2 heterocycles. The van der Waals surface area contributed by atoms with Crippen molar-refractivity contribution in [3.63, 3.8) is 0 Å². The number of hydrogen-bond donors (Lipinski definition) is 0. The van der Waals surface area contributed by atoms with Gasteiger partial charge in [-0.2, -0.15) is 0 Å². The molecule has 0 aliphatic carbocycles. The van der Waals surface area contributed by atoms with E-state index in [1.807, 2.05) is 6.07 Å². The average molecular weight is 228 g/mol. The van der Waals surface area contributed by atoms with Crippen LogP contribution in [0, 0.1) is 0 Å². The summed E-state index contributed by atoms with van der Waals surface area (Å²) in [6.07, 6.45) is 2.94. The first kappa shape index (κ1) is 10.6. The summed E-state index contributed by atoms with van der Waals surface area (Å²) >= 11 is 0. The van der Waals surface area contributed by atoms with Crippen LogP contribution >= 0.6 is 0 Å². The molecule has 1 aliphatic heterocycles. The summed E-state index contributed by atoms with van der Waals surface area (Å²) in [6.45, 7) is 3.29. The first-order valence-electron chi connectivity index (χ1n) is 6.18. The lowest BCUT2D eigenvalue weighted by atomic mass is 9.98. The maximum Gasteiger partial charge on any atom is 0.158 e. The quantitative estimate of drug-likeness (QED) is 0.720. The van der Waals surface area contributed by atoms with Gasteiger partial charge in [0.2, 0.25) is 0 Å². The highest BCUT2D eigenvalue weighted by molar-refractivity contribution is 5.27. The van der Waals surface area contributed by atoms with Gasteiger partial charge >= 0.3 is 0 Å². The van der Waals surface area contributed by atoms with Crippen molar-refractivity contribution in [2.24, 2.45) is 0 Å². The van der Waals surface area contributed by atoms with Gasteiger partial charge in [0.05, 0.1) is 19.9 Å². The van der Waals surface area contributed by atoms with E-state index >= 15 is 0 Å². The molecular weight excluding hydrogens is 210 g/mol. The van der Waals surface area contributed by atoms with Gasteiger partial charge < -0.3 is 8.90 Å². The molecule has 17 heavy (non-hydrogen) atoms. The minimum absolute atomic E-state index is 0.987. The van der Waals surface area contributed by atoms with Crippen LogP contribution in [0.15, 0.2) is 47.1 Å². The molecule has 1 aliphatic rings. The van der Waals surface area contributed by atoms with Crippen LogP contribution in [0.5, 0.6) is 0 Å². The largest absolute Gasteiger partial charge is 0.463 e. The lowest BCUT2D eigenvalue weighted by Crippen LogP contribution is -2.46. The van der Waals surface area contributed by atoms with E-state index in [0.717, 1.165) is 23.3 Å². The topological polar surface area (TPSA) is 13.1 Å². The zero-order chi connectivity index (χ0) is 11.7. The smallest absolute Gasteiger partial charge is 0.158 e. The summed E-state index contributed by atoms with van der Waals surface area (Å²) in [5.74, 6) is 1.09. The molecule has 0 fully saturated rings. The fourth-order valence-corrected chi connectivity index (χ4v) is 2.75. The van der Waals surface area contributed by atoms with Crippen molar-refractivity contribution in [3.05, 3.63) is 59.5 Å². The van der Waals surface area contributed by atoms with E-state index < -0.39 is 0 Å². The number of nitrogens with zero attached hydrogens (tertiary/aromatic N) is 1. The molecule has 0 spiro atoms. The third-order valence-electron chi connectivity index (χ3n) is 3.71. The minimum atomic E-state index is 0.987. The second kappa shape index (κ2) is 4.04. The molecule has 88 valence electrons. The van der Waals surface area contributed by atoms with Crippen LogP contribution < -0.4 is 0 Å². The van der Waals surface area contributed by atoms with Crippen molar-refractivity contribution in [2.45, 2.75) is 19.5 Å². The Labute approximate surface area is 102 Å². The fraction of sp³-hybridized carbons (Fsp3) is 0.333. The van der Waals surface area contributed by atoms with Crippen LogP contribution in [0.3, 0.4) is 0 Å². The van der Waals surface area contributed by atoms with Gasteiger partial charge in [-0.15, -0.1) is 0 Å². The maximum atomic E-state index is 5.47. The molecule has 0 radical (unpaired) electrons. The van der Waals surface area contributed by atoms with Crippen molar-refractivity contribution in [1.29, 1.82) is 0 Å². The third-order valence-corrected chi connectivity index (χ3v) is 3.71. The highest BCUT2D eigenvalue weighted by Crippen LogP contribution is 2.25. The van der Waals surface area contributed by atoms with Crippen LogP contribution in [0.25, 0.3) is 0 Å². The minimum Gasteiger partial charge on any atom is -0.463 e. The van der Waals surface area contributed by atoms with E-state index in [9.17, 15) is 0 Å². The van der Waals surface area contributed by atoms with E-state index in [2.05, 4.69) is 37.4 Å². The average Bonchev–Trinajstić information content (AvgIpc) is 2.81. The Morgan fingerprint density at radius 2 is 1.94 bits per heavy atom. The molecule has 1 atom stereocenters. The standard InChI is InChI=1S/C15H18NO/c1-16(12-15-7-4-10-17-15)9-8-13-5-2-3-6-14(13)11-16/h2-7,10H,8-9,11-12H2,1H3/q+1. The summed E-state index contributed by atoms with van der Waals surface area (Å²) < 4.78 is 6.52. The Hall–Kier alpha value is -1.54. The lowest BCUT2D eigenvalue weighted by molar-refractivity contribution is -0.938. The molecule has 3 rings (SSSR count). The molecule has 2 nitrogen and oxygen atoms in total. The Bertz CT molecular complexity index is 503. The van der Waals surface area contributed by atoms with Gasteiger partial charge in [-0.25, -0.2) is 0 Å². The number of quaternary nitrogens is 1. The number of rotatable bonds is 2. The van der Waals surface area contributed by atoms with E-state index in [1.54, 1.807) is 6.26 Å². The Morgan fingerprint density at radius 3 is 2.71 bits per heavy atom. The highest BCUT2D eigenvalue weighted by Gasteiger charge is 2.29. The van der Waals surface area contributed by atoms with Gasteiger partial charge in [-0.3, -0.25) is 0 Å². The SMILES string of the molecule is C[N+]1(Cc2ccco2)CCc2ccccc2C1.